The molecule has 0 aliphatic carbocycles. The van der Waals surface area contributed by atoms with Gasteiger partial charge in [0.2, 0.25) is 0 Å². The van der Waals surface area contributed by atoms with Crippen molar-refractivity contribution >= 4 is 29.3 Å². The van der Waals surface area contributed by atoms with Crippen molar-refractivity contribution in [2.24, 2.45) is 0 Å². The Balaban J connectivity index is 2.05. The van der Waals surface area contributed by atoms with Gasteiger partial charge < -0.3 is 15.4 Å². The Bertz CT molecular complexity index is 746. The number of ether oxygens (including phenoxy) is 1. The van der Waals surface area contributed by atoms with E-state index in [4.69, 9.17) is 4.74 Å². The van der Waals surface area contributed by atoms with Crippen LogP contribution in [0.25, 0.3) is 0 Å². The van der Waals surface area contributed by atoms with Crippen molar-refractivity contribution in [3.8, 4) is 0 Å². The predicted molar refractivity (Wildman–Crippen MR) is 105 cm³/mol. The monoisotopic (exact) mass is 372 g/mol. The standard InChI is InChI=1S/C20H24N2O3S/c1-4-20(25-2,15-10-6-5-7-11-15)14-21-18(23)19(24)22-16-12-8-9-13-17(16)26-3/h5-13H,4,14H2,1-3H3,(H,21,23)(H,22,24)/t20-/m0/s1. The van der Waals surface area contributed by atoms with Gasteiger partial charge in [0, 0.05) is 12.0 Å². The summed E-state index contributed by atoms with van der Waals surface area (Å²) in [5.74, 6) is -1.38. The molecule has 5 nitrogen and oxygen atoms in total. The summed E-state index contributed by atoms with van der Waals surface area (Å²) in [6.45, 7) is 2.19. The van der Waals surface area contributed by atoms with Crippen LogP contribution in [0.15, 0.2) is 59.5 Å². The molecule has 0 aromatic heterocycles. The van der Waals surface area contributed by atoms with E-state index in [0.717, 1.165) is 10.5 Å². The van der Waals surface area contributed by atoms with Gasteiger partial charge in [-0.05, 0) is 30.4 Å². The van der Waals surface area contributed by atoms with Crippen LogP contribution < -0.4 is 10.6 Å². The van der Waals surface area contributed by atoms with Gasteiger partial charge in [0.25, 0.3) is 0 Å². The van der Waals surface area contributed by atoms with Gasteiger partial charge in [-0.3, -0.25) is 9.59 Å². The van der Waals surface area contributed by atoms with Crippen LogP contribution in [0.5, 0.6) is 0 Å². The minimum Gasteiger partial charge on any atom is -0.372 e. The molecule has 0 aliphatic rings. The molecule has 138 valence electrons. The van der Waals surface area contributed by atoms with Gasteiger partial charge in [0.05, 0.1) is 12.2 Å². The van der Waals surface area contributed by atoms with Crippen molar-refractivity contribution in [2.45, 2.75) is 23.8 Å². The van der Waals surface area contributed by atoms with Gasteiger partial charge in [-0.2, -0.15) is 0 Å². The second kappa shape index (κ2) is 9.40. The maximum absolute atomic E-state index is 12.3. The lowest BCUT2D eigenvalue weighted by Gasteiger charge is -2.32. The van der Waals surface area contributed by atoms with Crippen molar-refractivity contribution in [1.82, 2.24) is 5.32 Å². The molecule has 6 heteroatoms. The first-order valence-electron chi connectivity index (χ1n) is 8.39. The van der Waals surface area contributed by atoms with Gasteiger partial charge >= 0.3 is 11.8 Å². The highest BCUT2D eigenvalue weighted by Gasteiger charge is 2.31. The number of anilines is 1. The molecular formula is C20H24N2O3S. The topological polar surface area (TPSA) is 67.4 Å². The first-order valence-corrected chi connectivity index (χ1v) is 9.61. The first-order chi connectivity index (χ1) is 12.6. The second-order valence-corrected chi connectivity index (χ2v) is 6.60. The quantitative estimate of drug-likeness (QED) is 0.577. The maximum Gasteiger partial charge on any atom is 0.313 e. The highest BCUT2D eigenvalue weighted by Crippen LogP contribution is 2.28. The van der Waals surface area contributed by atoms with E-state index in [1.165, 1.54) is 11.8 Å². The third-order valence-electron chi connectivity index (χ3n) is 4.36. The van der Waals surface area contributed by atoms with Gasteiger partial charge in [-0.1, -0.05) is 49.4 Å². The van der Waals surface area contributed by atoms with E-state index >= 15 is 0 Å². The minimum absolute atomic E-state index is 0.209. The minimum atomic E-state index is -0.694. The van der Waals surface area contributed by atoms with Crippen LogP contribution in [0.4, 0.5) is 5.69 Å². The Labute approximate surface area is 158 Å². The number of carbonyl (C=O) groups excluding carboxylic acids is 2. The van der Waals surface area contributed by atoms with Crippen LogP contribution in [0.1, 0.15) is 18.9 Å². The average molecular weight is 372 g/mol. The molecule has 2 aromatic carbocycles. The Morgan fingerprint density at radius 1 is 1.04 bits per heavy atom. The Morgan fingerprint density at radius 2 is 1.69 bits per heavy atom. The fourth-order valence-corrected chi connectivity index (χ4v) is 3.29. The van der Waals surface area contributed by atoms with Gasteiger partial charge in [0.15, 0.2) is 0 Å². The molecule has 0 saturated heterocycles. The summed E-state index contributed by atoms with van der Waals surface area (Å²) in [7, 11) is 1.61. The fraction of sp³-hybridized carbons (Fsp3) is 0.300. The van der Waals surface area contributed by atoms with Crippen molar-refractivity contribution in [1.29, 1.82) is 0 Å². The Kier molecular flexibility index (Phi) is 7.24. The fourth-order valence-electron chi connectivity index (χ4n) is 2.74. The molecule has 0 saturated carbocycles. The molecule has 2 aromatic rings. The smallest absolute Gasteiger partial charge is 0.313 e. The van der Waals surface area contributed by atoms with Crippen LogP contribution in [0, 0.1) is 0 Å². The molecule has 0 spiro atoms. The molecular weight excluding hydrogens is 348 g/mol. The van der Waals surface area contributed by atoms with Crippen LogP contribution >= 0.6 is 11.8 Å². The lowest BCUT2D eigenvalue weighted by Crippen LogP contribution is -2.45. The maximum atomic E-state index is 12.3. The number of hydrogen-bond acceptors (Lipinski definition) is 4. The molecule has 0 heterocycles. The molecule has 2 rings (SSSR count). The zero-order valence-corrected chi connectivity index (χ0v) is 16.1. The molecule has 0 unspecified atom stereocenters. The molecule has 0 bridgehead atoms. The van der Waals surface area contributed by atoms with Crippen molar-refractivity contribution in [3.63, 3.8) is 0 Å². The van der Waals surface area contributed by atoms with E-state index < -0.39 is 17.4 Å². The number of carbonyl (C=O) groups is 2. The Morgan fingerprint density at radius 3 is 2.31 bits per heavy atom. The molecule has 0 aliphatic heterocycles. The van der Waals surface area contributed by atoms with Gasteiger partial charge in [-0.15, -0.1) is 11.8 Å². The largest absolute Gasteiger partial charge is 0.372 e. The third kappa shape index (κ3) is 4.65. The van der Waals surface area contributed by atoms with Crippen LogP contribution in [0.2, 0.25) is 0 Å². The number of para-hydroxylation sites is 1. The summed E-state index contributed by atoms with van der Waals surface area (Å²) >= 11 is 1.50. The summed E-state index contributed by atoms with van der Waals surface area (Å²) in [6, 6.07) is 17.0. The summed E-state index contributed by atoms with van der Waals surface area (Å²) in [4.78, 5) is 25.4. The lowest BCUT2D eigenvalue weighted by atomic mass is 9.90. The lowest BCUT2D eigenvalue weighted by molar-refractivity contribution is -0.137. The van der Waals surface area contributed by atoms with E-state index in [-0.39, 0.29) is 6.54 Å². The summed E-state index contributed by atoms with van der Waals surface area (Å²) in [5, 5.41) is 5.36. The van der Waals surface area contributed by atoms with Crippen LogP contribution in [-0.2, 0) is 19.9 Å². The van der Waals surface area contributed by atoms with Crippen molar-refractivity contribution in [3.05, 3.63) is 60.2 Å². The molecule has 26 heavy (non-hydrogen) atoms. The number of thioether (sulfide) groups is 1. The van der Waals surface area contributed by atoms with Crippen LogP contribution in [0.3, 0.4) is 0 Å². The number of rotatable bonds is 7. The predicted octanol–water partition coefficient (Wildman–Crippen LogP) is 3.42. The van der Waals surface area contributed by atoms with E-state index in [9.17, 15) is 9.59 Å². The summed E-state index contributed by atoms with van der Waals surface area (Å²) in [5.41, 5.74) is 0.907. The first kappa shape index (κ1) is 20.0. The third-order valence-corrected chi connectivity index (χ3v) is 5.15. The summed E-state index contributed by atoms with van der Waals surface area (Å²) in [6.07, 6.45) is 2.57. The number of amides is 2. The van der Waals surface area contributed by atoms with E-state index in [0.29, 0.717) is 12.1 Å². The van der Waals surface area contributed by atoms with E-state index in [2.05, 4.69) is 10.6 Å². The zero-order chi connectivity index (χ0) is 19.0. The molecule has 2 amide bonds. The van der Waals surface area contributed by atoms with Gasteiger partial charge in [-0.25, -0.2) is 0 Å². The number of nitrogens with one attached hydrogen (secondary N) is 2. The Hall–Kier alpha value is -2.31. The van der Waals surface area contributed by atoms with Gasteiger partial charge in [0.1, 0.15) is 5.60 Å². The SMILES string of the molecule is CC[C@@](CNC(=O)C(=O)Nc1ccccc1SC)(OC)c1ccccc1. The molecule has 2 N–H and O–H groups in total. The van der Waals surface area contributed by atoms with Crippen molar-refractivity contribution in [2.75, 3.05) is 25.2 Å². The number of benzene rings is 2. The highest BCUT2D eigenvalue weighted by molar-refractivity contribution is 7.98. The van der Waals surface area contributed by atoms with E-state index in [1.807, 2.05) is 61.7 Å². The zero-order valence-electron chi connectivity index (χ0n) is 15.2. The average Bonchev–Trinajstić information content (AvgIpc) is 2.70. The highest BCUT2D eigenvalue weighted by atomic mass is 32.2. The second-order valence-electron chi connectivity index (χ2n) is 5.76. The normalized spacial score (nSPS) is 12.9. The van der Waals surface area contributed by atoms with Crippen molar-refractivity contribution < 1.29 is 14.3 Å². The number of hydrogen-bond donors (Lipinski definition) is 2. The summed E-state index contributed by atoms with van der Waals surface area (Å²) < 4.78 is 5.71. The molecule has 0 fully saturated rings. The van der Waals surface area contributed by atoms with Crippen LogP contribution in [-0.4, -0.2) is 31.7 Å². The molecule has 0 radical (unpaired) electrons. The number of methoxy groups -OCH3 is 1. The molecule has 1 atom stereocenters. The van der Waals surface area contributed by atoms with E-state index in [1.54, 1.807) is 13.2 Å².